The van der Waals surface area contributed by atoms with Gasteiger partial charge in [-0.2, -0.15) is 0 Å². The van der Waals surface area contributed by atoms with Crippen molar-refractivity contribution in [3.05, 3.63) is 57.0 Å². The molecule has 1 aromatic carbocycles. The van der Waals surface area contributed by atoms with Gasteiger partial charge in [-0.15, -0.1) is 0 Å². The Hall–Kier alpha value is -2.63. The lowest BCUT2D eigenvalue weighted by molar-refractivity contribution is 0.0917. The molecule has 0 unspecified atom stereocenters. The molecule has 1 fully saturated rings. The van der Waals surface area contributed by atoms with E-state index in [-0.39, 0.29) is 17.0 Å². The summed E-state index contributed by atoms with van der Waals surface area (Å²) in [6.07, 6.45) is 5.54. The maximum atomic E-state index is 12.4. The van der Waals surface area contributed by atoms with Crippen LogP contribution in [0, 0.1) is 0 Å². The Morgan fingerprint density at radius 2 is 1.81 bits per heavy atom. The number of hydrogen-bond donors (Lipinski definition) is 2. The van der Waals surface area contributed by atoms with Gasteiger partial charge in [0.15, 0.2) is 0 Å². The van der Waals surface area contributed by atoms with E-state index >= 15 is 0 Å². The van der Waals surface area contributed by atoms with Crippen LogP contribution in [0.5, 0.6) is 0 Å². The second kappa shape index (κ2) is 5.69. The molecule has 2 aliphatic heterocycles. The van der Waals surface area contributed by atoms with Crippen molar-refractivity contribution in [2.24, 2.45) is 0 Å². The molecule has 1 amide bonds. The number of aromatic nitrogens is 2. The molecule has 3 heterocycles. The number of carbonyl (C=O) groups is 1. The molecular weight excluding hydrogens is 328 g/mol. The SMILES string of the molecule is O=C1NC2(CCN(c3nc4c(c(=O)[nH]3)CCCC4)CC2)c2ccccc21. The van der Waals surface area contributed by atoms with Crippen LogP contribution in [-0.4, -0.2) is 29.0 Å². The lowest BCUT2D eigenvalue weighted by atomic mass is 9.82. The number of anilines is 1. The van der Waals surface area contributed by atoms with Crippen molar-refractivity contribution in [2.75, 3.05) is 18.0 Å². The molecule has 6 nitrogen and oxygen atoms in total. The van der Waals surface area contributed by atoms with Gasteiger partial charge >= 0.3 is 0 Å². The average molecular weight is 350 g/mol. The number of piperidine rings is 1. The molecule has 5 rings (SSSR count). The molecule has 134 valence electrons. The van der Waals surface area contributed by atoms with Crippen molar-refractivity contribution in [3.63, 3.8) is 0 Å². The summed E-state index contributed by atoms with van der Waals surface area (Å²) in [5, 5.41) is 3.21. The summed E-state index contributed by atoms with van der Waals surface area (Å²) in [6, 6.07) is 7.86. The van der Waals surface area contributed by atoms with Gasteiger partial charge < -0.3 is 10.2 Å². The second-order valence-corrected chi connectivity index (χ2v) is 7.59. The van der Waals surface area contributed by atoms with Gasteiger partial charge in [-0.3, -0.25) is 14.6 Å². The first-order valence-corrected chi connectivity index (χ1v) is 9.45. The predicted molar refractivity (Wildman–Crippen MR) is 98.5 cm³/mol. The molecule has 1 aromatic heterocycles. The summed E-state index contributed by atoms with van der Waals surface area (Å²) in [5.74, 6) is 0.706. The van der Waals surface area contributed by atoms with E-state index in [4.69, 9.17) is 4.98 Å². The topological polar surface area (TPSA) is 78.1 Å². The van der Waals surface area contributed by atoms with E-state index in [9.17, 15) is 9.59 Å². The van der Waals surface area contributed by atoms with E-state index < -0.39 is 0 Å². The van der Waals surface area contributed by atoms with E-state index in [1.807, 2.05) is 18.2 Å². The normalized spacial score (nSPS) is 20.6. The number of carbonyl (C=O) groups excluding carboxylic acids is 1. The van der Waals surface area contributed by atoms with Crippen LogP contribution in [0.2, 0.25) is 0 Å². The number of amides is 1. The van der Waals surface area contributed by atoms with Gasteiger partial charge in [0.2, 0.25) is 5.95 Å². The molecule has 0 atom stereocenters. The molecule has 1 spiro atoms. The standard InChI is InChI=1S/C20H22N4O2/c25-17-14-6-2-4-8-16(14)21-19(22-17)24-11-9-20(10-12-24)15-7-3-1-5-13(15)18(26)23-20/h1,3,5,7H,2,4,6,8-12H2,(H,23,26)(H,21,22,25). The number of aromatic amines is 1. The Kier molecular flexibility index (Phi) is 3.42. The number of benzene rings is 1. The summed E-state index contributed by atoms with van der Waals surface area (Å²) in [7, 11) is 0. The first-order valence-electron chi connectivity index (χ1n) is 9.45. The number of rotatable bonds is 1. The minimum Gasteiger partial charge on any atom is -0.342 e. The number of fused-ring (bicyclic) bond motifs is 3. The summed E-state index contributed by atoms with van der Waals surface area (Å²) in [4.78, 5) is 34.6. The Morgan fingerprint density at radius 3 is 2.65 bits per heavy atom. The fourth-order valence-electron chi connectivity index (χ4n) is 4.68. The van der Waals surface area contributed by atoms with E-state index in [2.05, 4.69) is 21.3 Å². The van der Waals surface area contributed by atoms with Gasteiger partial charge in [0, 0.05) is 24.2 Å². The van der Waals surface area contributed by atoms with Crippen molar-refractivity contribution < 1.29 is 4.79 Å². The molecule has 0 saturated carbocycles. The molecular formula is C20H22N4O2. The lowest BCUT2D eigenvalue weighted by Crippen LogP contribution is -2.50. The zero-order chi connectivity index (χ0) is 17.7. The fraction of sp³-hybridized carbons (Fsp3) is 0.450. The van der Waals surface area contributed by atoms with Crippen LogP contribution in [0.1, 0.15) is 52.9 Å². The highest BCUT2D eigenvalue weighted by molar-refractivity contribution is 6.00. The Balaban J connectivity index is 1.41. The van der Waals surface area contributed by atoms with Gasteiger partial charge in [-0.1, -0.05) is 18.2 Å². The highest BCUT2D eigenvalue weighted by atomic mass is 16.2. The van der Waals surface area contributed by atoms with Crippen LogP contribution in [-0.2, 0) is 18.4 Å². The van der Waals surface area contributed by atoms with E-state index in [1.165, 1.54) is 0 Å². The van der Waals surface area contributed by atoms with Crippen LogP contribution in [0.3, 0.4) is 0 Å². The van der Waals surface area contributed by atoms with Crippen LogP contribution < -0.4 is 15.8 Å². The van der Waals surface area contributed by atoms with E-state index in [0.29, 0.717) is 5.95 Å². The second-order valence-electron chi connectivity index (χ2n) is 7.59. The highest BCUT2D eigenvalue weighted by Gasteiger charge is 2.44. The molecule has 1 saturated heterocycles. The summed E-state index contributed by atoms with van der Waals surface area (Å²) in [5.41, 5.74) is 3.47. The van der Waals surface area contributed by atoms with Crippen molar-refractivity contribution in [3.8, 4) is 0 Å². The lowest BCUT2D eigenvalue weighted by Gasteiger charge is -2.40. The van der Waals surface area contributed by atoms with Gasteiger partial charge in [0.1, 0.15) is 0 Å². The third-order valence-corrected chi connectivity index (χ3v) is 6.14. The number of nitrogens with one attached hydrogen (secondary N) is 2. The van der Waals surface area contributed by atoms with Gasteiger partial charge in [0.05, 0.1) is 11.2 Å². The first kappa shape index (κ1) is 15.6. The van der Waals surface area contributed by atoms with Crippen molar-refractivity contribution in [1.29, 1.82) is 0 Å². The third kappa shape index (κ3) is 2.28. The number of hydrogen-bond acceptors (Lipinski definition) is 4. The molecule has 26 heavy (non-hydrogen) atoms. The highest BCUT2D eigenvalue weighted by Crippen LogP contribution is 2.39. The van der Waals surface area contributed by atoms with Gasteiger partial charge in [-0.05, 0) is 50.2 Å². The van der Waals surface area contributed by atoms with Crippen molar-refractivity contribution >= 4 is 11.9 Å². The van der Waals surface area contributed by atoms with Gasteiger partial charge in [-0.25, -0.2) is 4.98 Å². The smallest absolute Gasteiger partial charge is 0.255 e. The van der Waals surface area contributed by atoms with Crippen LogP contribution in [0.4, 0.5) is 5.95 Å². The van der Waals surface area contributed by atoms with Crippen LogP contribution in [0.25, 0.3) is 0 Å². The minimum absolute atomic E-state index is 0.0181. The number of aryl methyl sites for hydroxylation is 1. The van der Waals surface area contributed by atoms with Gasteiger partial charge in [0.25, 0.3) is 11.5 Å². The zero-order valence-corrected chi connectivity index (χ0v) is 14.7. The van der Waals surface area contributed by atoms with E-state index in [0.717, 1.165) is 74.0 Å². The molecule has 2 aromatic rings. The molecule has 3 aliphatic rings. The molecule has 1 aliphatic carbocycles. The quantitative estimate of drug-likeness (QED) is 0.823. The Bertz CT molecular complexity index is 941. The van der Waals surface area contributed by atoms with Crippen molar-refractivity contribution in [2.45, 2.75) is 44.1 Å². The number of nitrogens with zero attached hydrogens (tertiary/aromatic N) is 2. The van der Waals surface area contributed by atoms with E-state index in [1.54, 1.807) is 0 Å². The van der Waals surface area contributed by atoms with Crippen LogP contribution >= 0.6 is 0 Å². The fourth-order valence-corrected chi connectivity index (χ4v) is 4.68. The Morgan fingerprint density at radius 1 is 1.04 bits per heavy atom. The molecule has 6 heteroatoms. The summed E-state index contributed by atoms with van der Waals surface area (Å²) < 4.78 is 0. The summed E-state index contributed by atoms with van der Waals surface area (Å²) in [6.45, 7) is 1.52. The van der Waals surface area contributed by atoms with Crippen molar-refractivity contribution in [1.82, 2.24) is 15.3 Å². The maximum Gasteiger partial charge on any atom is 0.255 e. The monoisotopic (exact) mass is 350 g/mol. The first-order chi connectivity index (χ1) is 12.7. The number of H-pyrrole nitrogens is 1. The molecule has 0 radical (unpaired) electrons. The Labute approximate surface area is 151 Å². The average Bonchev–Trinajstić information content (AvgIpc) is 2.94. The zero-order valence-electron chi connectivity index (χ0n) is 14.7. The maximum absolute atomic E-state index is 12.4. The minimum atomic E-state index is -0.279. The third-order valence-electron chi connectivity index (χ3n) is 6.14. The molecule has 0 bridgehead atoms. The summed E-state index contributed by atoms with van der Waals surface area (Å²) >= 11 is 0. The molecule has 2 N–H and O–H groups in total. The largest absolute Gasteiger partial charge is 0.342 e. The predicted octanol–water partition coefficient (Wildman–Crippen LogP) is 1.89. The van der Waals surface area contributed by atoms with Crippen LogP contribution in [0.15, 0.2) is 29.1 Å².